The molecular formula is C17H23NO3. The Balaban J connectivity index is 1.78. The van der Waals surface area contributed by atoms with Crippen molar-refractivity contribution < 1.29 is 14.6 Å². The summed E-state index contributed by atoms with van der Waals surface area (Å²) >= 11 is 0. The van der Waals surface area contributed by atoms with Crippen molar-refractivity contribution in [3.8, 4) is 11.5 Å². The molecule has 0 bridgehead atoms. The van der Waals surface area contributed by atoms with Crippen molar-refractivity contribution in [2.45, 2.75) is 44.6 Å². The fraction of sp³-hybridized carbons (Fsp3) is 0.588. The maximum absolute atomic E-state index is 12.7. The van der Waals surface area contributed by atoms with E-state index >= 15 is 0 Å². The molecule has 1 aromatic carbocycles. The van der Waals surface area contributed by atoms with Gasteiger partial charge in [-0.25, -0.2) is 0 Å². The molecule has 0 aromatic heterocycles. The highest BCUT2D eigenvalue weighted by Crippen LogP contribution is 2.36. The monoisotopic (exact) mass is 289 g/mol. The van der Waals surface area contributed by atoms with Crippen LogP contribution in [0.4, 0.5) is 0 Å². The van der Waals surface area contributed by atoms with Crippen LogP contribution in [0, 0.1) is 5.92 Å². The number of carbonyl (C=O) groups excluding carboxylic acids is 1. The normalized spacial score (nSPS) is 22.7. The van der Waals surface area contributed by atoms with Crippen LogP contribution < -0.4 is 4.74 Å². The molecule has 2 aliphatic rings. The first-order valence-electron chi connectivity index (χ1n) is 7.88. The molecule has 4 nitrogen and oxygen atoms in total. The van der Waals surface area contributed by atoms with Crippen LogP contribution in [0.25, 0.3) is 0 Å². The smallest absolute Gasteiger partial charge is 0.254 e. The zero-order valence-corrected chi connectivity index (χ0v) is 12.5. The summed E-state index contributed by atoms with van der Waals surface area (Å²) in [6.07, 6.45) is 7.32. The Hall–Kier alpha value is -1.71. The maximum atomic E-state index is 12.7. The van der Waals surface area contributed by atoms with Crippen LogP contribution in [-0.4, -0.2) is 35.6 Å². The number of rotatable bonds is 3. The fourth-order valence-electron chi connectivity index (χ4n) is 3.87. The molecule has 114 valence electrons. The van der Waals surface area contributed by atoms with Gasteiger partial charge in [-0.05, 0) is 49.8 Å². The van der Waals surface area contributed by atoms with Crippen LogP contribution in [0.15, 0.2) is 18.2 Å². The third-order valence-corrected chi connectivity index (χ3v) is 4.93. The van der Waals surface area contributed by atoms with Crippen molar-refractivity contribution in [3.63, 3.8) is 0 Å². The van der Waals surface area contributed by atoms with Gasteiger partial charge in [-0.1, -0.05) is 12.8 Å². The predicted molar refractivity (Wildman–Crippen MR) is 80.7 cm³/mol. The number of phenolic OH excluding ortho intramolecular Hbond substituents is 1. The lowest BCUT2D eigenvalue weighted by atomic mass is 9.95. The Labute approximate surface area is 125 Å². The molecule has 1 aliphatic carbocycles. The van der Waals surface area contributed by atoms with Crippen molar-refractivity contribution in [2.75, 3.05) is 13.7 Å². The molecule has 21 heavy (non-hydrogen) atoms. The fourth-order valence-corrected chi connectivity index (χ4v) is 3.87. The Bertz CT molecular complexity index is 523. The Morgan fingerprint density at radius 1 is 1.24 bits per heavy atom. The second kappa shape index (κ2) is 5.96. The average Bonchev–Trinajstić information content (AvgIpc) is 3.16. The van der Waals surface area contributed by atoms with E-state index in [2.05, 4.69) is 0 Å². The predicted octanol–water partition coefficient (Wildman–Crippen LogP) is 3.20. The first-order valence-corrected chi connectivity index (χ1v) is 7.88. The molecule has 4 heteroatoms. The largest absolute Gasteiger partial charge is 0.504 e. The summed E-state index contributed by atoms with van der Waals surface area (Å²) < 4.78 is 5.03. The van der Waals surface area contributed by atoms with Crippen molar-refractivity contribution >= 4 is 5.91 Å². The number of phenols is 1. The van der Waals surface area contributed by atoms with Crippen LogP contribution in [0.3, 0.4) is 0 Å². The summed E-state index contributed by atoms with van der Waals surface area (Å²) in [6, 6.07) is 5.31. The topological polar surface area (TPSA) is 49.8 Å². The second-order valence-electron chi connectivity index (χ2n) is 6.14. The molecular weight excluding hydrogens is 266 g/mol. The second-order valence-corrected chi connectivity index (χ2v) is 6.14. The standard InChI is InChI=1S/C17H23NO3/c1-21-16-9-8-13(11-15(16)19)17(20)18-10-4-7-14(18)12-5-2-3-6-12/h8-9,11-12,14,19H,2-7,10H2,1H3. The quantitative estimate of drug-likeness (QED) is 0.929. The highest BCUT2D eigenvalue weighted by molar-refractivity contribution is 5.95. The lowest BCUT2D eigenvalue weighted by molar-refractivity contribution is 0.0688. The van der Waals surface area contributed by atoms with Gasteiger partial charge in [-0.2, -0.15) is 0 Å². The van der Waals surface area contributed by atoms with Gasteiger partial charge in [0.2, 0.25) is 0 Å². The van der Waals surface area contributed by atoms with Gasteiger partial charge >= 0.3 is 0 Å². The molecule has 1 N–H and O–H groups in total. The molecule has 1 heterocycles. The van der Waals surface area contributed by atoms with E-state index in [1.807, 2.05) is 4.90 Å². The van der Waals surface area contributed by atoms with Crippen LogP contribution in [0.1, 0.15) is 48.9 Å². The minimum Gasteiger partial charge on any atom is -0.504 e. The van der Waals surface area contributed by atoms with Gasteiger partial charge in [0, 0.05) is 18.2 Å². The van der Waals surface area contributed by atoms with E-state index in [9.17, 15) is 9.90 Å². The first-order chi connectivity index (χ1) is 10.2. The summed E-state index contributed by atoms with van der Waals surface area (Å²) in [5, 5.41) is 9.86. The van der Waals surface area contributed by atoms with Gasteiger partial charge < -0.3 is 14.7 Å². The third kappa shape index (κ3) is 2.71. The number of hydrogen-bond donors (Lipinski definition) is 1. The van der Waals surface area contributed by atoms with E-state index in [-0.39, 0.29) is 11.7 Å². The molecule has 2 fully saturated rings. The average molecular weight is 289 g/mol. The van der Waals surface area contributed by atoms with E-state index in [1.165, 1.54) is 38.9 Å². The van der Waals surface area contributed by atoms with Crippen LogP contribution >= 0.6 is 0 Å². The Kier molecular flexibility index (Phi) is 4.04. The first kappa shape index (κ1) is 14.2. The Morgan fingerprint density at radius 2 is 2.00 bits per heavy atom. The van der Waals surface area contributed by atoms with Gasteiger partial charge in [0.1, 0.15) is 0 Å². The maximum Gasteiger partial charge on any atom is 0.254 e. The van der Waals surface area contributed by atoms with Crippen molar-refractivity contribution in [2.24, 2.45) is 5.92 Å². The summed E-state index contributed by atoms with van der Waals surface area (Å²) in [5.74, 6) is 1.14. The molecule has 1 atom stereocenters. The summed E-state index contributed by atoms with van der Waals surface area (Å²) in [5.41, 5.74) is 0.554. The number of carbonyl (C=O) groups is 1. The number of amides is 1. The number of ether oxygens (including phenoxy) is 1. The van der Waals surface area contributed by atoms with E-state index in [1.54, 1.807) is 12.1 Å². The lowest BCUT2D eigenvalue weighted by Gasteiger charge is -2.29. The summed E-state index contributed by atoms with van der Waals surface area (Å²) in [4.78, 5) is 14.8. The van der Waals surface area contributed by atoms with Crippen molar-refractivity contribution in [3.05, 3.63) is 23.8 Å². The third-order valence-electron chi connectivity index (χ3n) is 4.93. The zero-order valence-electron chi connectivity index (χ0n) is 12.5. The van der Waals surface area contributed by atoms with E-state index < -0.39 is 0 Å². The van der Waals surface area contributed by atoms with Gasteiger partial charge in [0.25, 0.3) is 5.91 Å². The molecule has 1 unspecified atom stereocenters. The number of nitrogens with zero attached hydrogens (tertiary/aromatic N) is 1. The van der Waals surface area contributed by atoms with Crippen LogP contribution in [0.5, 0.6) is 11.5 Å². The summed E-state index contributed by atoms with van der Waals surface area (Å²) in [7, 11) is 1.51. The summed E-state index contributed by atoms with van der Waals surface area (Å²) in [6.45, 7) is 0.840. The Morgan fingerprint density at radius 3 is 2.67 bits per heavy atom. The number of benzene rings is 1. The molecule has 1 amide bonds. The molecule has 0 spiro atoms. The SMILES string of the molecule is COc1ccc(C(=O)N2CCCC2C2CCCC2)cc1O. The minimum absolute atomic E-state index is 0.0277. The number of hydrogen-bond acceptors (Lipinski definition) is 3. The molecule has 3 rings (SSSR count). The van der Waals surface area contributed by atoms with Crippen LogP contribution in [0.2, 0.25) is 0 Å². The van der Waals surface area contributed by atoms with Gasteiger partial charge in [0.05, 0.1) is 7.11 Å². The highest BCUT2D eigenvalue weighted by atomic mass is 16.5. The molecule has 1 aliphatic heterocycles. The van der Waals surface area contributed by atoms with E-state index in [0.29, 0.717) is 23.3 Å². The van der Waals surface area contributed by atoms with Gasteiger partial charge in [-0.15, -0.1) is 0 Å². The molecule has 1 saturated carbocycles. The molecule has 1 saturated heterocycles. The molecule has 1 aromatic rings. The highest BCUT2D eigenvalue weighted by Gasteiger charge is 2.36. The lowest BCUT2D eigenvalue weighted by Crippen LogP contribution is -2.39. The zero-order chi connectivity index (χ0) is 14.8. The van der Waals surface area contributed by atoms with Gasteiger partial charge in [-0.3, -0.25) is 4.79 Å². The van der Waals surface area contributed by atoms with E-state index in [0.717, 1.165) is 19.4 Å². The van der Waals surface area contributed by atoms with Gasteiger partial charge in [0.15, 0.2) is 11.5 Å². The number of likely N-dealkylation sites (tertiary alicyclic amines) is 1. The van der Waals surface area contributed by atoms with Crippen molar-refractivity contribution in [1.29, 1.82) is 0 Å². The van der Waals surface area contributed by atoms with Crippen molar-refractivity contribution in [1.82, 2.24) is 4.90 Å². The minimum atomic E-state index is 0.0277. The number of aromatic hydroxyl groups is 1. The molecule has 0 radical (unpaired) electrons. The van der Waals surface area contributed by atoms with E-state index in [4.69, 9.17) is 4.74 Å². The number of methoxy groups -OCH3 is 1. The van der Waals surface area contributed by atoms with Crippen LogP contribution in [-0.2, 0) is 0 Å².